The number of carbonyl (C=O) groups excluding carboxylic acids is 1. The fourth-order valence-corrected chi connectivity index (χ4v) is 3.29. The Balaban J connectivity index is 2.16. The number of ether oxygens (including phenoxy) is 2. The van der Waals surface area contributed by atoms with E-state index in [2.05, 4.69) is 0 Å². The van der Waals surface area contributed by atoms with Crippen molar-refractivity contribution >= 4 is 17.4 Å². The lowest BCUT2D eigenvalue weighted by Crippen LogP contribution is -2.14. The molecular formula is C26H32N2O6. The molecule has 182 valence electrons. The number of benzene rings is 2. The highest BCUT2D eigenvalue weighted by molar-refractivity contribution is 5.99. The molecule has 0 amide bonds. The largest absolute Gasteiger partial charge is 0.507 e. The number of carboxylic acids is 1. The van der Waals surface area contributed by atoms with Crippen LogP contribution in [0.5, 0.6) is 17.2 Å². The number of methoxy groups -OCH3 is 1. The predicted octanol–water partition coefficient (Wildman–Crippen LogP) is 4.25. The number of carbonyl (C=O) groups is 2. The first-order valence-corrected chi connectivity index (χ1v) is 10.7. The van der Waals surface area contributed by atoms with Gasteiger partial charge in [-0.1, -0.05) is 26.8 Å². The Hall–Kier alpha value is -3.94. The van der Waals surface area contributed by atoms with E-state index in [1.165, 1.54) is 19.3 Å². The Bertz CT molecular complexity index is 1140. The monoisotopic (exact) mass is 468 g/mol. The SMILES string of the molecule is COc1c(C(=O)O)cccc1/C(N)=C/C=C(\N)COc1ccc(C(=O)CC(C)(C)C)c(O)c1C. The van der Waals surface area contributed by atoms with Gasteiger partial charge in [-0.25, -0.2) is 4.79 Å². The minimum Gasteiger partial charge on any atom is -0.507 e. The van der Waals surface area contributed by atoms with Gasteiger partial charge in [-0.05, 0) is 48.8 Å². The van der Waals surface area contributed by atoms with Crippen LogP contribution in [-0.4, -0.2) is 35.7 Å². The summed E-state index contributed by atoms with van der Waals surface area (Å²) in [6.45, 7) is 7.55. The number of aromatic hydroxyl groups is 1. The molecule has 0 atom stereocenters. The molecule has 0 heterocycles. The lowest BCUT2D eigenvalue weighted by molar-refractivity contribution is 0.0693. The highest BCUT2D eigenvalue weighted by atomic mass is 16.5. The molecule has 8 nitrogen and oxygen atoms in total. The smallest absolute Gasteiger partial charge is 0.339 e. The first kappa shape index (κ1) is 26.3. The number of rotatable bonds is 9. The first-order chi connectivity index (χ1) is 15.9. The fraction of sp³-hybridized carbons (Fsp3) is 0.308. The maximum Gasteiger partial charge on any atom is 0.339 e. The van der Waals surface area contributed by atoms with E-state index in [0.717, 1.165) is 0 Å². The van der Waals surface area contributed by atoms with Crippen molar-refractivity contribution in [2.24, 2.45) is 16.9 Å². The van der Waals surface area contributed by atoms with Gasteiger partial charge in [0.2, 0.25) is 0 Å². The van der Waals surface area contributed by atoms with E-state index >= 15 is 0 Å². The third kappa shape index (κ3) is 6.54. The molecule has 6 N–H and O–H groups in total. The predicted molar refractivity (Wildman–Crippen MR) is 131 cm³/mol. The number of carboxylic acid groups (broad SMARTS) is 1. The van der Waals surface area contributed by atoms with Crippen molar-refractivity contribution in [2.75, 3.05) is 13.7 Å². The second-order valence-electron chi connectivity index (χ2n) is 9.09. The molecule has 2 rings (SSSR count). The van der Waals surface area contributed by atoms with Crippen LogP contribution >= 0.6 is 0 Å². The topological polar surface area (TPSA) is 145 Å². The first-order valence-electron chi connectivity index (χ1n) is 10.7. The normalized spacial score (nSPS) is 12.4. The van der Waals surface area contributed by atoms with Crippen LogP contribution in [0, 0.1) is 12.3 Å². The molecule has 0 aliphatic carbocycles. The third-order valence-corrected chi connectivity index (χ3v) is 5.00. The number of Topliss-reactive ketones (excluding diaryl/α,β-unsaturated/α-hetero) is 1. The van der Waals surface area contributed by atoms with Crippen molar-refractivity contribution in [3.63, 3.8) is 0 Å². The second-order valence-corrected chi connectivity index (χ2v) is 9.09. The Morgan fingerprint density at radius 1 is 1.03 bits per heavy atom. The Kier molecular flexibility index (Phi) is 8.35. The molecular weight excluding hydrogens is 436 g/mol. The second kappa shape index (κ2) is 10.8. The van der Waals surface area contributed by atoms with Crippen molar-refractivity contribution in [2.45, 2.75) is 34.1 Å². The number of hydrogen-bond donors (Lipinski definition) is 4. The van der Waals surface area contributed by atoms with Crippen LogP contribution in [0.2, 0.25) is 0 Å². The zero-order valence-corrected chi connectivity index (χ0v) is 20.1. The molecule has 8 heteroatoms. The van der Waals surface area contributed by atoms with E-state index in [9.17, 15) is 19.8 Å². The number of hydrogen-bond acceptors (Lipinski definition) is 7. The summed E-state index contributed by atoms with van der Waals surface area (Å²) in [6.07, 6.45) is 3.38. The van der Waals surface area contributed by atoms with Gasteiger partial charge in [0, 0.05) is 28.9 Å². The third-order valence-electron chi connectivity index (χ3n) is 5.00. The average Bonchev–Trinajstić information content (AvgIpc) is 2.76. The van der Waals surface area contributed by atoms with Gasteiger partial charge >= 0.3 is 5.97 Å². The molecule has 0 aromatic heterocycles. The van der Waals surface area contributed by atoms with Gasteiger partial charge in [0.05, 0.1) is 12.7 Å². The summed E-state index contributed by atoms with van der Waals surface area (Å²) in [7, 11) is 1.37. The van der Waals surface area contributed by atoms with Gasteiger partial charge in [0.15, 0.2) is 5.78 Å². The molecule has 34 heavy (non-hydrogen) atoms. The van der Waals surface area contributed by atoms with Crippen molar-refractivity contribution in [1.29, 1.82) is 0 Å². The zero-order chi connectivity index (χ0) is 25.6. The summed E-state index contributed by atoms with van der Waals surface area (Å²) in [5.41, 5.74) is 13.7. The van der Waals surface area contributed by atoms with Gasteiger partial charge in [-0.2, -0.15) is 0 Å². The number of allylic oxidation sites excluding steroid dienone is 2. The van der Waals surface area contributed by atoms with Gasteiger partial charge < -0.3 is 31.2 Å². The molecule has 0 fully saturated rings. The van der Waals surface area contributed by atoms with Crippen LogP contribution in [-0.2, 0) is 0 Å². The van der Waals surface area contributed by atoms with Gasteiger partial charge in [0.1, 0.15) is 29.4 Å². The number of aromatic carboxylic acids is 1. The number of nitrogens with two attached hydrogens (primary N) is 2. The Labute approximate surface area is 199 Å². The van der Waals surface area contributed by atoms with Gasteiger partial charge in [-0.3, -0.25) is 4.79 Å². The number of para-hydroxylation sites is 1. The quantitative estimate of drug-likeness (QED) is 0.316. The van der Waals surface area contributed by atoms with Crippen molar-refractivity contribution in [3.05, 3.63) is 70.4 Å². The maximum absolute atomic E-state index is 12.5. The molecule has 0 radical (unpaired) electrons. The summed E-state index contributed by atoms with van der Waals surface area (Å²) in [5, 5.41) is 19.8. The molecule has 0 bridgehead atoms. The molecule has 0 saturated heterocycles. The minimum atomic E-state index is -1.13. The standard InChI is InChI=1S/C26H32N2O6/c1-15-22(12-10-18(23(15)30)21(29)13-26(2,3)4)34-14-16(27)9-11-20(28)17-7-6-8-19(25(31)32)24(17)33-5/h6-12,30H,13-14,27-28H2,1-5H3,(H,31,32)/b16-9-,20-11-. The summed E-state index contributed by atoms with van der Waals surface area (Å²) < 4.78 is 10.9. The number of phenolic OH excluding ortho intramolecular Hbond substituents is 1. The zero-order valence-electron chi connectivity index (χ0n) is 20.1. The van der Waals surface area contributed by atoms with Crippen LogP contribution < -0.4 is 20.9 Å². The lowest BCUT2D eigenvalue weighted by atomic mass is 9.87. The summed E-state index contributed by atoms with van der Waals surface area (Å²) in [6, 6.07) is 7.82. The van der Waals surface area contributed by atoms with E-state index in [1.807, 2.05) is 20.8 Å². The molecule has 0 aliphatic rings. The Morgan fingerprint density at radius 3 is 2.26 bits per heavy atom. The van der Waals surface area contributed by atoms with E-state index in [4.69, 9.17) is 20.9 Å². The van der Waals surface area contributed by atoms with E-state index in [-0.39, 0.29) is 46.1 Å². The lowest BCUT2D eigenvalue weighted by Gasteiger charge is -2.18. The van der Waals surface area contributed by atoms with Gasteiger partial charge in [0.25, 0.3) is 0 Å². The van der Waals surface area contributed by atoms with Crippen LogP contribution in [0.1, 0.15) is 59.0 Å². The highest BCUT2D eigenvalue weighted by Gasteiger charge is 2.22. The molecule has 0 aliphatic heterocycles. The molecule has 0 saturated carbocycles. The molecule has 0 spiro atoms. The summed E-state index contributed by atoms with van der Waals surface area (Å²) in [5.74, 6) is -0.821. The van der Waals surface area contributed by atoms with E-state index < -0.39 is 5.97 Å². The maximum atomic E-state index is 12.5. The van der Waals surface area contributed by atoms with Crippen LogP contribution in [0.3, 0.4) is 0 Å². The number of ketones is 1. The molecule has 0 unspecified atom stereocenters. The van der Waals surface area contributed by atoms with Crippen molar-refractivity contribution in [1.82, 2.24) is 0 Å². The number of phenols is 1. The fourth-order valence-electron chi connectivity index (χ4n) is 3.29. The molecule has 2 aromatic rings. The highest BCUT2D eigenvalue weighted by Crippen LogP contribution is 2.33. The summed E-state index contributed by atoms with van der Waals surface area (Å²) >= 11 is 0. The van der Waals surface area contributed by atoms with Crippen molar-refractivity contribution in [3.8, 4) is 17.2 Å². The van der Waals surface area contributed by atoms with Crippen LogP contribution in [0.15, 0.2) is 48.2 Å². The van der Waals surface area contributed by atoms with E-state index in [1.54, 1.807) is 37.3 Å². The minimum absolute atomic E-state index is 0.00338. The van der Waals surface area contributed by atoms with Crippen molar-refractivity contribution < 1.29 is 29.3 Å². The average molecular weight is 469 g/mol. The van der Waals surface area contributed by atoms with Gasteiger partial charge in [-0.15, -0.1) is 0 Å². The van der Waals surface area contributed by atoms with E-state index in [0.29, 0.717) is 29.0 Å². The van der Waals surface area contributed by atoms with Crippen LogP contribution in [0.25, 0.3) is 5.70 Å². The Morgan fingerprint density at radius 2 is 1.68 bits per heavy atom. The molecule has 2 aromatic carbocycles. The van der Waals surface area contributed by atoms with Crippen LogP contribution in [0.4, 0.5) is 0 Å². The summed E-state index contributed by atoms with van der Waals surface area (Å²) in [4.78, 5) is 23.9.